The van der Waals surface area contributed by atoms with Crippen molar-refractivity contribution in [1.29, 1.82) is 0 Å². The monoisotopic (exact) mass is 364 g/mol. The van der Waals surface area contributed by atoms with Gasteiger partial charge in [-0.25, -0.2) is 0 Å². The molecular formula is C21H20N2O4. The molecule has 1 aliphatic rings. The Hall–Kier alpha value is -2.99. The van der Waals surface area contributed by atoms with E-state index in [-0.39, 0.29) is 17.1 Å². The Morgan fingerprint density at radius 2 is 2.07 bits per heavy atom. The number of methoxy groups -OCH3 is 1. The fourth-order valence-electron chi connectivity index (χ4n) is 3.55. The highest BCUT2D eigenvalue weighted by Crippen LogP contribution is 2.37. The van der Waals surface area contributed by atoms with E-state index in [9.17, 15) is 9.59 Å². The summed E-state index contributed by atoms with van der Waals surface area (Å²) < 4.78 is 11.0. The minimum absolute atomic E-state index is 0.100. The van der Waals surface area contributed by atoms with Gasteiger partial charge in [-0.1, -0.05) is 19.1 Å². The summed E-state index contributed by atoms with van der Waals surface area (Å²) in [6.45, 7) is 2.73. The number of carbonyl (C=O) groups is 1. The van der Waals surface area contributed by atoms with Gasteiger partial charge in [0.1, 0.15) is 11.6 Å². The van der Waals surface area contributed by atoms with Crippen molar-refractivity contribution in [2.45, 2.75) is 19.4 Å². The normalized spacial score (nSPS) is 16.1. The van der Waals surface area contributed by atoms with E-state index in [0.717, 1.165) is 12.0 Å². The van der Waals surface area contributed by atoms with Gasteiger partial charge in [0.2, 0.25) is 5.76 Å². The Morgan fingerprint density at radius 3 is 2.78 bits per heavy atom. The molecule has 6 nitrogen and oxygen atoms in total. The van der Waals surface area contributed by atoms with Gasteiger partial charge in [-0.3, -0.25) is 14.6 Å². The predicted octanol–water partition coefficient (Wildman–Crippen LogP) is 2.94. The van der Waals surface area contributed by atoms with Crippen molar-refractivity contribution >= 4 is 16.9 Å². The largest absolute Gasteiger partial charge is 0.450 e. The Morgan fingerprint density at radius 1 is 1.22 bits per heavy atom. The van der Waals surface area contributed by atoms with Gasteiger partial charge in [0.05, 0.1) is 23.3 Å². The maximum Gasteiger partial charge on any atom is 0.291 e. The van der Waals surface area contributed by atoms with Crippen molar-refractivity contribution in [2.75, 3.05) is 20.3 Å². The van der Waals surface area contributed by atoms with Crippen LogP contribution in [-0.4, -0.2) is 36.1 Å². The standard InChI is InChI=1S/C21H20N2O4/c1-3-13-7-8-16-14(12-13)19(24)17-18(15-6-4-5-9-22-15)23(10-11-26-2)21(25)20(17)27-16/h4-9,12,18H,3,10-11H2,1-2H3. The molecule has 0 saturated carbocycles. The Kier molecular flexibility index (Phi) is 4.49. The number of aromatic nitrogens is 1. The minimum atomic E-state index is -0.574. The zero-order chi connectivity index (χ0) is 19.0. The van der Waals surface area contributed by atoms with E-state index < -0.39 is 6.04 Å². The summed E-state index contributed by atoms with van der Waals surface area (Å²) in [6, 6.07) is 10.4. The third-order valence-electron chi connectivity index (χ3n) is 4.94. The average Bonchev–Trinajstić information content (AvgIpc) is 2.99. The molecular weight excluding hydrogens is 344 g/mol. The van der Waals surface area contributed by atoms with Crippen LogP contribution in [-0.2, 0) is 11.2 Å². The van der Waals surface area contributed by atoms with Gasteiger partial charge in [0, 0.05) is 19.9 Å². The Labute approximate surface area is 156 Å². The first-order chi connectivity index (χ1) is 13.2. The molecule has 2 aromatic heterocycles. The van der Waals surface area contributed by atoms with Crippen molar-refractivity contribution in [3.63, 3.8) is 0 Å². The molecule has 0 N–H and O–H groups in total. The highest BCUT2D eigenvalue weighted by molar-refractivity contribution is 5.99. The van der Waals surface area contributed by atoms with Crippen molar-refractivity contribution < 1.29 is 13.9 Å². The van der Waals surface area contributed by atoms with E-state index in [1.807, 2.05) is 31.2 Å². The highest BCUT2D eigenvalue weighted by Gasteiger charge is 2.43. The van der Waals surface area contributed by atoms with E-state index >= 15 is 0 Å². The van der Waals surface area contributed by atoms with Crippen LogP contribution in [0.5, 0.6) is 0 Å². The first-order valence-corrected chi connectivity index (χ1v) is 8.96. The number of carbonyl (C=O) groups excluding carboxylic acids is 1. The Balaban J connectivity index is 1.97. The number of hydrogen-bond donors (Lipinski definition) is 0. The molecule has 3 heterocycles. The highest BCUT2D eigenvalue weighted by atomic mass is 16.5. The second kappa shape index (κ2) is 6.96. The van der Waals surface area contributed by atoms with Crippen LogP contribution < -0.4 is 5.43 Å². The van der Waals surface area contributed by atoms with Gasteiger partial charge in [-0.15, -0.1) is 0 Å². The quantitative estimate of drug-likeness (QED) is 0.696. The van der Waals surface area contributed by atoms with Gasteiger partial charge in [-0.05, 0) is 36.2 Å². The molecule has 0 fully saturated rings. The lowest BCUT2D eigenvalue weighted by molar-refractivity contribution is 0.0660. The second-order valence-electron chi connectivity index (χ2n) is 6.51. The summed E-state index contributed by atoms with van der Waals surface area (Å²) in [7, 11) is 1.58. The molecule has 0 spiro atoms. The molecule has 4 rings (SSSR count). The molecule has 3 aromatic rings. The number of pyridine rings is 1. The van der Waals surface area contributed by atoms with Gasteiger partial charge in [-0.2, -0.15) is 0 Å². The second-order valence-corrected chi connectivity index (χ2v) is 6.51. The molecule has 0 aliphatic carbocycles. The number of benzene rings is 1. The van der Waals surface area contributed by atoms with E-state index in [0.29, 0.717) is 35.4 Å². The summed E-state index contributed by atoms with van der Waals surface area (Å²) >= 11 is 0. The fourth-order valence-corrected chi connectivity index (χ4v) is 3.55. The molecule has 27 heavy (non-hydrogen) atoms. The topological polar surface area (TPSA) is 72.6 Å². The third-order valence-corrected chi connectivity index (χ3v) is 4.94. The van der Waals surface area contributed by atoms with Crippen LogP contribution in [0.2, 0.25) is 0 Å². The fraction of sp³-hybridized carbons (Fsp3) is 0.286. The summed E-state index contributed by atoms with van der Waals surface area (Å²) in [5.41, 5.74) is 2.29. The lowest BCUT2D eigenvalue weighted by atomic mass is 10.0. The van der Waals surface area contributed by atoms with Gasteiger partial charge < -0.3 is 14.1 Å². The van der Waals surface area contributed by atoms with E-state index in [1.165, 1.54) is 0 Å². The molecule has 1 atom stereocenters. The summed E-state index contributed by atoms with van der Waals surface area (Å²) in [4.78, 5) is 32.3. The number of hydrogen-bond acceptors (Lipinski definition) is 5. The molecule has 0 bridgehead atoms. The van der Waals surface area contributed by atoms with Gasteiger partial charge in [0.25, 0.3) is 5.91 Å². The zero-order valence-corrected chi connectivity index (χ0v) is 15.3. The SMILES string of the molecule is CCc1ccc2oc3c(c(=O)c2c1)C(c1ccccn1)N(CCOC)C3=O. The van der Waals surface area contributed by atoms with Crippen molar-refractivity contribution in [1.82, 2.24) is 9.88 Å². The first-order valence-electron chi connectivity index (χ1n) is 8.96. The smallest absolute Gasteiger partial charge is 0.291 e. The maximum absolute atomic E-state index is 13.3. The number of ether oxygens (including phenoxy) is 1. The summed E-state index contributed by atoms with van der Waals surface area (Å²) in [5.74, 6) is -0.209. The minimum Gasteiger partial charge on any atom is -0.450 e. The van der Waals surface area contributed by atoms with Crippen molar-refractivity contribution in [3.8, 4) is 0 Å². The lowest BCUT2D eigenvalue weighted by Gasteiger charge is -2.23. The lowest BCUT2D eigenvalue weighted by Crippen LogP contribution is -2.33. The van der Waals surface area contributed by atoms with E-state index in [1.54, 1.807) is 30.3 Å². The third kappa shape index (κ3) is 2.82. The molecule has 0 saturated heterocycles. The number of rotatable bonds is 5. The van der Waals surface area contributed by atoms with E-state index in [4.69, 9.17) is 9.15 Å². The van der Waals surface area contributed by atoms with Crippen LogP contribution in [0.1, 0.15) is 40.3 Å². The zero-order valence-electron chi connectivity index (χ0n) is 15.3. The molecule has 1 aliphatic heterocycles. The van der Waals surface area contributed by atoms with Crippen LogP contribution in [0.3, 0.4) is 0 Å². The number of amides is 1. The van der Waals surface area contributed by atoms with Crippen molar-refractivity contribution in [3.05, 3.63) is 75.4 Å². The van der Waals surface area contributed by atoms with Crippen LogP contribution in [0.15, 0.2) is 51.8 Å². The summed E-state index contributed by atoms with van der Waals surface area (Å²) in [6.07, 6.45) is 2.47. The van der Waals surface area contributed by atoms with Crippen LogP contribution in [0, 0.1) is 0 Å². The molecule has 0 radical (unpaired) electrons. The van der Waals surface area contributed by atoms with Crippen molar-refractivity contribution in [2.24, 2.45) is 0 Å². The number of nitrogens with zero attached hydrogens (tertiary/aromatic N) is 2. The molecule has 6 heteroatoms. The van der Waals surface area contributed by atoms with Gasteiger partial charge >= 0.3 is 0 Å². The van der Waals surface area contributed by atoms with Crippen LogP contribution >= 0.6 is 0 Å². The number of aryl methyl sites for hydroxylation is 1. The summed E-state index contributed by atoms with van der Waals surface area (Å²) in [5, 5.41) is 0.496. The average molecular weight is 364 g/mol. The first kappa shape index (κ1) is 17.4. The van der Waals surface area contributed by atoms with E-state index in [2.05, 4.69) is 4.98 Å². The van der Waals surface area contributed by atoms with Crippen LogP contribution in [0.25, 0.3) is 11.0 Å². The maximum atomic E-state index is 13.3. The molecule has 1 unspecified atom stereocenters. The molecule has 138 valence electrons. The van der Waals surface area contributed by atoms with Crippen LogP contribution in [0.4, 0.5) is 0 Å². The Bertz CT molecular complexity index is 1060. The molecule has 1 amide bonds. The number of fused-ring (bicyclic) bond motifs is 2. The molecule has 1 aromatic carbocycles. The predicted molar refractivity (Wildman–Crippen MR) is 101 cm³/mol. The van der Waals surface area contributed by atoms with Gasteiger partial charge in [0.15, 0.2) is 5.43 Å².